The van der Waals surface area contributed by atoms with Crippen molar-refractivity contribution in [3.05, 3.63) is 65.5 Å². The highest BCUT2D eigenvalue weighted by Crippen LogP contribution is 2.27. The first-order valence-electron chi connectivity index (χ1n) is 11.9. The number of hydrogen-bond donors (Lipinski definition) is 2. The van der Waals surface area contributed by atoms with E-state index in [0.29, 0.717) is 38.8 Å². The van der Waals surface area contributed by atoms with Gasteiger partial charge in [-0.2, -0.15) is 13.2 Å². The highest BCUT2D eigenvalue weighted by atomic mass is 19.4. The highest BCUT2D eigenvalue weighted by molar-refractivity contribution is 5.99. The van der Waals surface area contributed by atoms with Crippen molar-refractivity contribution < 1.29 is 46.2 Å². The molecular formula is C25H25F5N4O5. The van der Waals surface area contributed by atoms with Gasteiger partial charge in [-0.25, -0.2) is 13.6 Å². The quantitative estimate of drug-likeness (QED) is 0.547. The SMILES string of the molecule is O=C(NCc1ccncc1)[C@@H]1CCCN1C(=O)[C@@H]1CCCN1C(=O)c1c(F)cccc1F.O=C(O)C(F)(F)F. The largest absolute Gasteiger partial charge is 0.490 e. The molecule has 210 valence electrons. The van der Waals surface area contributed by atoms with Gasteiger partial charge in [0.25, 0.3) is 5.91 Å². The number of amides is 3. The third-order valence-corrected chi connectivity index (χ3v) is 6.27. The molecule has 2 aliphatic heterocycles. The topological polar surface area (TPSA) is 120 Å². The van der Waals surface area contributed by atoms with Crippen molar-refractivity contribution in [1.82, 2.24) is 20.1 Å². The average molecular weight is 556 g/mol. The number of aromatic nitrogens is 1. The molecule has 2 fully saturated rings. The molecule has 1 aromatic heterocycles. The van der Waals surface area contributed by atoms with Crippen LogP contribution >= 0.6 is 0 Å². The molecule has 39 heavy (non-hydrogen) atoms. The number of carboxylic acids is 1. The molecule has 14 heteroatoms. The Labute approximate surface area is 219 Å². The molecule has 3 heterocycles. The molecular weight excluding hydrogens is 531 g/mol. The predicted molar refractivity (Wildman–Crippen MR) is 125 cm³/mol. The number of carbonyl (C=O) groups excluding carboxylic acids is 3. The van der Waals surface area contributed by atoms with E-state index in [0.717, 1.165) is 17.7 Å². The van der Waals surface area contributed by atoms with Crippen molar-refractivity contribution in [1.29, 1.82) is 0 Å². The average Bonchev–Trinajstić information content (AvgIpc) is 3.57. The zero-order valence-electron chi connectivity index (χ0n) is 20.5. The lowest BCUT2D eigenvalue weighted by atomic mass is 10.1. The van der Waals surface area contributed by atoms with E-state index in [1.807, 2.05) is 0 Å². The fourth-order valence-corrected chi connectivity index (χ4v) is 4.41. The zero-order valence-corrected chi connectivity index (χ0v) is 20.5. The number of nitrogens with zero attached hydrogens (tertiary/aromatic N) is 3. The van der Waals surface area contributed by atoms with Crippen molar-refractivity contribution in [2.45, 2.75) is 50.5 Å². The van der Waals surface area contributed by atoms with Gasteiger partial charge >= 0.3 is 12.1 Å². The Hall–Kier alpha value is -4.10. The first-order valence-corrected chi connectivity index (χ1v) is 11.9. The molecule has 2 atom stereocenters. The molecule has 0 saturated carbocycles. The van der Waals surface area contributed by atoms with Gasteiger partial charge in [-0.1, -0.05) is 6.07 Å². The van der Waals surface area contributed by atoms with Crippen LogP contribution in [0.2, 0.25) is 0 Å². The lowest BCUT2D eigenvalue weighted by Crippen LogP contribution is -2.53. The number of hydrogen-bond acceptors (Lipinski definition) is 5. The van der Waals surface area contributed by atoms with Gasteiger partial charge < -0.3 is 20.2 Å². The Bertz CT molecular complexity index is 1190. The van der Waals surface area contributed by atoms with Gasteiger partial charge in [-0.15, -0.1) is 0 Å². The summed E-state index contributed by atoms with van der Waals surface area (Å²) in [7, 11) is 0. The van der Waals surface area contributed by atoms with Crippen molar-refractivity contribution >= 4 is 23.7 Å². The van der Waals surface area contributed by atoms with E-state index >= 15 is 0 Å². The van der Waals surface area contributed by atoms with Crippen LogP contribution in [0.4, 0.5) is 22.0 Å². The van der Waals surface area contributed by atoms with Gasteiger partial charge in [0.05, 0.1) is 0 Å². The number of carboxylic acid groups (broad SMARTS) is 1. The first kappa shape index (κ1) is 29.5. The van der Waals surface area contributed by atoms with E-state index in [1.54, 1.807) is 24.5 Å². The summed E-state index contributed by atoms with van der Waals surface area (Å²) in [5, 5.41) is 9.98. The molecule has 2 saturated heterocycles. The van der Waals surface area contributed by atoms with E-state index in [2.05, 4.69) is 10.3 Å². The van der Waals surface area contributed by atoms with Gasteiger partial charge in [-0.05, 0) is 55.5 Å². The summed E-state index contributed by atoms with van der Waals surface area (Å²) in [6.45, 7) is 0.953. The Balaban J connectivity index is 0.000000532. The van der Waals surface area contributed by atoms with Gasteiger partial charge in [0.2, 0.25) is 11.8 Å². The van der Waals surface area contributed by atoms with Crippen LogP contribution in [-0.4, -0.2) is 74.9 Å². The summed E-state index contributed by atoms with van der Waals surface area (Å²) in [5.74, 6) is -6.12. The number of likely N-dealkylation sites (tertiary alicyclic amines) is 2. The minimum absolute atomic E-state index is 0.232. The summed E-state index contributed by atoms with van der Waals surface area (Å²) in [6, 6.07) is 5.35. The molecule has 3 amide bonds. The Kier molecular flexibility index (Phi) is 9.54. The number of carbonyl (C=O) groups is 4. The maximum Gasteiger partial charge on any atom is 0.490 e. The van der Waals surface area contributed by atoms with Crippen LogP contribution in [0.5, 0.6) is 0 Å². The van der Waals surface area contributed by atoms with Crippen molar-refractivity contribution in [2.24, 2.45) is 0 Å². The Morgan fingerprint density at radius 2 is 1.46 bits per heavy atom. The van der Waals surface area contributed by atoms with Crippen LogP contribution < -0.4 is 5.32 Å². The lowest BCUT2D eigenvalue weighted by molar-refractivity contribution is -0.192. The molecule has 2 N–H and O–H groups in total. The van der Waals surface area contributed by atoms with Crippen LogP contribution in [-0.2, 0) is 20.9 Å². The van der Waals surface area contributed by atoms with E-state index in [1.165, 1.54) is 15.9 Å². The fraction of sp³-hybridized carbons (Fsp3) is 0.400. The second-order valence-corrected chi connectivity index (χ2v) is 8.82. The van der Waals surface area contributed by atoms with Crippen LogP contribution in [0, 0.1) is 11.6 Å². The standard InChI is InChI=1S/C23H24F2N4O3.C2HF3O2/c24-16-4-1-5-17(25)20(16)23(32)29-13-3-7-19(29)22(31)28-12-2-6-18(28)21(30)27-14-15-8-10-26-11-9-15;3-2(4,5)1(6)7/h1,4-5,8-11,18-19H,2-3,6-7,12-14H2,(H,27,30);(H,6,7)/t18-,19-;/m0./s1. The molecule has 1 aromatic carbocycles. The second-order valence-electron chi connectivity index (χ2n) is 8.82. The zero-order chi connectivity index (χ0) is 28.7. The Morgan fingerprint density at radius 1 is 0.923 bits per heavy atom. The number of aliphatic carboxylic acids is 1. The normalized spacial score (nSPS) is 18.8. The maximum atomic E-state index is 14.1. The van der Waals surface area contributed by atoms with Crippen molar-refractivity contribution in [3.63, 3.8) is 0 Å². The summed E-state index contributed by atoms with van der Waals surface area (Å²) in [4.78, 5) is 54.5. The highest BCUT2D eigenvalue weighted by Gasteiger charge is 2.43. The monoisotopic (exact) mass is 556 g/mol. The fourth-order valence-electron chi connectivity index (χ4n) is 4.41. The maximum absolute atomic E-state index is 14.1. The minimum atomic E-state index is -5.08. The smallest absolute Gasteiger partial charge is 0.475 e. The number of benzene rings is 1. The van der Waals surface area contributed by atoms with E-state index in [9.17, 15) is 36.3 Å². The predicted octanol–water partition coefficient (Wildman–Crippen LogP) is 2.91. The van der Waals surface area contributed by atoms with Crippen molar-refractivity contribution in [2.75, 3.05) is 13.1 Å². The Morgan fingerprint density at radius 3 is 2.03 bits per heavy atom. The molecule has 2 aliphatic rings. The summed E-state index contributed by atoms with van der Waals surface area (Å²) in [6.07, 6.45) is 0.319. The number of pyridine rings is 1. The number of alkyl halides is 3. The van der Waals surface area contributed by atoms with Crippen LogP contribution in [0.25, 0.3) is 0 Å². The third-order valence-electron chi connectivity index (χ3n) is 6.27. The molecule has 9 nitrogen and oxygen atoms in total. The van der Waals surface area contributed by atoms with Gasteiger partial charge in [0, 0.05) is 32.0 Å². The van der Waals surface area contributed by atoms with Crippen LogP contribution in [0.15, 0.2) is 42.7 Å². The van der Waals surface area contributed by atoms with E-state index in [-0.39, 0.29) is 18.4 Å². The number of nitrogens with one attached hydrogen (secondary N) is 1. The van der Waals surface area contributed by atoms with Gasteiger partial charge in [0.15, 0.2) is 0 Å². The van der Waals surface area contributed by atoms with Crippen LogP contribution in [0.1, 0.15) is 41.6 Å². The van der Waals surface area contributed by atoms with Gasteiger partial charge in [-0.3, -0.25) is 19.4 Å². The third kappa shape index (κ3) is 7.27. The molecule has 0 unspecified atom stereocenters. The first-order chi connectivity index (χ1) is 18.4. The van der Waals surface area contributed by atoms with Crippen LogP contribution in [0.3, 0.4) is 0 Å². The second kappa shape index (κ2) is 12.6. The van der Waals surface area contributed by atoms with E-state index < -0.39 is 47.3 Å². The number of rotatable bonds is 5. The minimum Gasteiger partial charge on any atom is -0.475 e. The summed E-state index contributed by atoms with van der Waals surface area (Å²) >= 11 is 0. The molecule has 0 radical (unpaired) electrons. The summed E-state index contributed by atoms with van der Waals surface area (Å²) < 4.78 is 60.0. The molecule has 0 bridgehead atoms. The molecule has 2 aromatic rings. The molecule has 4 rings (SSSR count). The van der Waals surface area contributed by atoms with E-state index in [4.69, 9.17) is 9.90 Å². The van der Waals surface area contributed by atoms with Gasteiger partial charge in [0.1, 0.15) is 29.3 Å². The molecule has 0 aliphatic carbocycles. The lowest BCUT2D eigenvalue weighted by Gasteiger charge is -2.31. The number of halogens is 5. The van der Waals surface area contributed by atoms with Crippen molar-refractivity contribution in [3.8, 4) is 0 Å². The summed E-state index contributed by atoms with van der Waals surface area (Å²) in [5.41, 5.74) is 0.240. The molecule has 0 spiro atoms.